The number of unbranched alkanes of at least 4 members (excludes halogenated alkanes) is 1. The lowest BCUT2D eigenvalue weighted by Gasteiger charge is -2.35. The largest absolute Gasteiger partial charge is 0.478 e. The third-order valence-corrected chi connectivity index (χ3v) is 4.31. The van der Waals surface area contributed by atoms with Gasteiger partial charge < -0.3 is 20.6 Å². The van der Waals surface area contributed by atoms with Crippen LogP contribution in [0.25, 0.3) is 0 Å². The monoisotopic (exact) mass is 377 g/mol. The smallest absolute Gasteiger partial charge is 0.339 e. The molecule has 1 aromatic rings. The zero-order valence-corrected chi connectivity index (χ0v) is 15.8. The van der Waals surface area contributed by atoms with Gasteiger partial charge in [0, 0.05) is 39.6 Å². The second-order valence-corrected chi connectivity index (χ2v) is 6.55. The molecule has 0 aliphatic carbocycles. The van der Waals surface area contributed by atoms with Gasteiger partial charge in [0.2, 0.25) is 11.8 Å². The van der Waals surface area contributed by atoms with Crippen LogP contribution >= 0.6 is 0 Å². The van der Waals surface area contributed by atoms with Crippen molar-refractivity contribution in [3.8, 4) is 0 Å². The van der Waals surface area contributed by atoms with Crippen molar-refractivity contribution >= 4 is 29.3 Å². The van der Waals surface area contributed by atoms with E-state index in [0.29, 0.717) is 50.8 Å². The number of carboxylic acids is 1. The number of hydrogen-bond donors (Lipinski definition) is 3. The molecule has 2 heterocycles. The normalized spacial score (nSPS) is 14.7. The molecule has 148 valence electrons. The van der Waals surface area contributed by atoms with E-state index >= 15 is 0 Å². The SMILES string of the molecule is CCCCNC(=O)CN1CCN(c2ncc(NC(C)=O)cc2C(=O)O)CC1. The molecule has 2 rings (SSSR count). The number of aromatic nitrogens is 1. The van der Waals surface area contributed by atoms with Crippen LogP contribution in [0.5, 0.6) is 0 Å². The van der Waals surface area contributed by atoms with E-state index in [9.17, 15) is 19.5 Å². The molecule has 0 radical (unpaired) electrons. The van der Waals surface area contributed by atoms with Crippen LogP contribution in [-0.4, -0.2) is 72.0 Å². The summed E-state index contributed by atoms with van der Waals surface area (Å²) in [4.78, 5) is 42.8. The standard InChI is InChI=1S/C18H27N5O4/c1-3-4-5-19-16(25)12-22-6-8-23(9-7-22)17-15(18(26)27)10-14(11-20-17)21-13(2)24/h10-11H,3-9,12H2,1-2H3,(H,19,25)(H,21,24)(H,26,27). The summed E-state index contributed by atoms with van der Waals surface area (Å²) in [6.07, 6.45) is 3.47. The number of carbonyl (C=O) groups excluding carboxylic acids is 2. The van der Waals surface area contributed by atoms with Gasteiger partial charge in [-0.05, 0) is 12.5 Å². The molecular weight excluding hydrogens is 350 g/mol. The quantitative estimate of drug-likeness (QED) is 0.573. The molecule has 9 nitrogen and oxygen atoms in total. The van der Waals surface area contributed by atoms with E-state index in [2.05, 4.69) is 22.5 Å². The molecule has 3 N–H and O–H groups in total. The second kappa shape index (κ2) is 9.86. The Morgan fingerprint density at radius 2 is 1.93 bits per heavy atom. The number of piperazine rings is 1. The number of anilines is 2. The first-order valence-electron chi connectivity index (χ1n) is 9.15. The lowest BCUT2D eigenvalue weighted by molar-refractivity contribution is -0.122. The third kappa shape index (κ3) is 6.21. The fourth-order valence-corrected chi connectivity index (χ4v) is 2.92. The number of pyridine rings is 1. The van der Waals surface area contributed by atoms with Gasteiger partial charge >= 0.3 is 5.97 Å². The fourth-order valence-electron chi connectivity index (χ4n) is 2.92. The fraction of sp³-hybridized carbons (Fsp3) is 0.556. The van der Waals surface area contributed by atoms with Crippen molar-refractivity contribution < 1.29 is 19.5 Å². The summed E-state index contributed by atoms with van der Waals surface area (Å²) >= 11 is 0. The van der Waals surface area contributed by atoms with Gasteiger partial charge in [0.05, 0.1) is 18.4 Å². The van der Waals surface area contributed by atoms with Gasteiger partial charge in [-0.15, -0.1) is 0 Å². The Morgan fingerprint density at radius 3 is 2.52 bits per heavy atom. The molecule has 0 atom stereocenters. The number of amides is 2. The first kappa shape index (κ1) is 20.6. The Hall–Kier alpha value is -2.68. The van der Waals surface area contributed by atoms with Crippen LogP contribution in [0.15, 0.2) is 12.3 Å². The number of aromatic carboxylic acids is 1. The lowest BCUT2D eigenvalue weighted by Crippen LogP contribution is -2.50. The molecule has 1 aliphatic rings. The number of carboxylic acid groups (broad SMARTS) is 1. The van der Waals surface area contributed by atoms with E-state index < -0.39 is 5.97 Å². The maximum atomic E-state index is 11.9. The van der Waals surface area contributed by atoms with Crippen molar-refractivity contribution in [2.24, 2.45) is 0 Å². The Morgan fingerprint density at radius 1 is 1.22 bits per heavy atom. The summed E-state index contributed by atoms with van der Waals surface area (Å²) in [6, 6.07) is 1.42. The van der Waals surface area contributed by atoms with E-state index in [1.54, 1.807) is 0 Å². The topological polar surface area (TPSA) is 115 Å². The van der Waals surface area contributed by atoms with Gasteiger partial charge in [0.1, 0.15) is 11.4 Å². The zero-order chi connectivity index (χ0) is 19.8. The van der Waals surface area contributed by atoms with Crippen molar-refractivity contribution in [1.29, 1.82) is 0 Å². The van der Waals surface area contributed by atoms with Gasteiger partial charge in [0.25, 0.3) is 0 Å². The summed E-state index contributed by atoms with van der Waals surface area (Å²) in [5.41, 5.74) is 0.401. The second-order valence-electron chi connectivity index (χ2n) is 6.55. The van der Waals surface area contributed by atoms with Crippen LogP contribution in [0.1, 0.15) is 37.0 Å². The highest BCUT2D eigenvalue weighted by atomic mass is 16.4. The molecule has 0 bridgehead atoms. The van der Waals surface area contributed by atoms with Gasteiger partial charge in [-0.25, -0.2) is 9.78 Å². The number of rotatable bonds is 8. The van der Waals surface area contributed by atoms with Crippen LogP contribution in [0, 0.1) is 0 Å². The number of nitrogens with zero attached hydrogens (tertiary/aromatic N) is 3. The van der Waals surface area contributed by atoms with Crippen LogP contribution in [0.3, 0.4) is 0 Å². The predicted molar refractivity (Wildman–Crippen MR) is 102 cm³/mol. The summed E-state index contributed by atoms with van der Waals surface area (Å²) in [6.45, 7) is 6.92. The van der Waals surface area contributed by atoms with Crippen LogP contribution < -0.4 is 15.5 Å². The number of hydrogen-bond acceptors (Lipinski definition) is 6. The molecule has 27 heavy (non-hydrogen) atoms. The van der Waals surface area contributed by atoms with Crippen molar-refractivity contribution in [2.75, 3.05) is 49.5 Å². The minimum Gasteiger partial charge on any atom is -0.478 e. The van der Waals surface area contributed by atoms with E-state index in [-0.39, 0.29) is 17.4 Å². The predicted octanol–water partition coefficient (Wildman–Crippen LogP) is 0.777. The average Bonchev–Trinajstić information content (AvgIpc) is 2.62. The average molecular weight is 377 g/mol. The molecule has 1 fully saturated rings. The Kier molecular flexibility index (Phi) is 7.54. The third-order valence-electron chi connectivity index (χ3n) is 4.31. The van der Waals surface area contributed by atoms with Crippen molar-refractivity contribution in [2.45, 2.75) is 26.7 Å². The Labute approximate surface area is 158 Å². The number of carbonyl (C=O) groups is 3. The van der Waals surface area contributed by atoms with Gasteiger partial charge in [-0.3, -0.25) is 14.5 Å². The Bertz CT molecular complexity index is 686. The molecule has 1 aromatic heterocycles. The van der Waals surface area contributed by atoms with E-state index in [1.807, 2.05) is 9.80 Å². The molecule has 0 unspecified atom stereocenters. The minimum atomic E-state index is -1.09. The summed E-state index contributed by atoms with van der Waals surface area (Å²) in [5.74, 6) is -0.987. The van der Waals surface area contributed by atoms with Crippen molar-refractivity contribution in [3.05, 3.63) is 17.8 Å². The van der Waals surface area contributed by atoms with Crippen molar-refractivity contribution in [3.63, 3.8) is 0 Å². The summed E-state index contributed by atoms with van der Waals surface area (Å²) in [7, 11) is 0. The Balaban J connectivity index is 1.96. The molecular formula is C18H27N5O4. The summed E-state index contributed by atoms with van der Waals surface area (Å²) in [5, 5.41) is 14.9. The highest BCUT2D eigenvalue weighted by Crippen LogP contribution is 2.22. The first-order chi connectivity index (χ1) is 12.9. The van der Waals surface area contributed by atoms with E-state index in [0.717, 1.165) is 12.8 Å². The molecule has 9 heteroatoms. The highest BCUT2D eigenvalue weighted by Gasteiger charge is 2.24. The molecule has 2 amide bonds. The molecule has 0 saturated carbocycles. The molecule has 1 aliphatic heterocycles. The van der Waals surface area contributed by atoms with Gasteiger partial charge in [0.15, 0.2) is 0 Å². The van der Waals surface area contributed by atoms with Crippen LogP contribution in [0.2, 0.25) is 0 Å². The summed E-state index contributed by atoms with van der Waals surface area (Å²) < 4.78 is 0. The molecule has 0 spiro atoms. The lowest BCUT2D eigenvalue weighted by atomic mass is 10.2. The van der Waals surface area contributed by atoms with Crippen LogP contribution in [0.4, 0.5) is 11.5 Å². The first-order valence-corrected chi connectivity index (χ1v) is 9.15. The van der Waals surface area contributed by atoms with Crippen molar-refractivity contribution in [1.82, 2.24) is 15.2 Å². The van der Waals surface area contributed by atoms with Gasteiger partial charge in [-0.1, -0.05) is 13.3 Å². The van der Waals surface area contributed by atoms with E-state index in [4.69, 9.17) is 0 Å². The highest BCUT2D eigenvalue weighted by molar-refractivity contribution is 5.96. The van der Waals surface area contributed by atoms with Crippen LogP contribution in [-0.2, 0) is 9.59 Å². The maximum absolute atomic E-state index is 11.9. The maximum Gasteiger partial charge on any atom is 0.339 e. The van der Waals surface area contributed by atoms with E-state index in [1.165, 1.54) is 19.2 Å². The molecule has 1 saturated heterocycles. The zero-order valence-electron chi connectivity index (χ0n) is 15.8. The van der Waals surface area contributed by atoms with Gasteiger partial charge in [-0.2, -0.15) is 0 Å². The molecule has 0 aromatic carbocycles. The number of nitrogens with one attached hydrogen (secondary N) is 2. The minimum absolute atomic E-state index is 0.0147.